The van der Waals surface area contributed by atoms with E-state index < -0.39 is 6.09 Å². The summed E-state index contributed by atoms with van der Waals surface area (Å²) in [6.07, 6.45) is 3.59. The number of anilines is 1. The van der Waals surface area contributed by atoms with Crippen molar-refractivity contribution in [1.29, 1.82) is 0 Å². The lowest BCUT2D eigenvalue weighted by Crippen LogP contribution is -2.25. The van der Waals surface area contributed by atoms with Crippen molar-refractivity contribution in [3.63, 3.8) is 0 Å². The maximum Gasteiger partial charge on any atom is 0.411 e. The molecule has 4 rings (SSSR count). The third-order valence-electron chi connectivity index (χ3n) is 5.41. The molecule has 0 saturated carbocycles. The second-order valence-corrected chi connectivity index (χ2v) is 8.11. The van der Waals surface area contributed by atoms with Crippen LogP contribution in [0, 0.1) is 0 Å². The highest BCUT2D eigenvalue weighted by Crippen LogP contribution is 2.17. The van der Waals surface area contributed by atoms with Crippen molar-refractivity contribution in [3.8, 4) is 11.3 Å². The minimum Gasteiger partial charge on any atom is -0.450 e. The molecule has 2 N–H and O–H groups in total. The van der Waals surface area contributed by atoms with Gasteiger partial charge in [-0.2, -0.15) is 5.10 Å². The van der Waals surface area contributed by atoms with Gasteiger partial charge in [-0.3, -0.25) is 19.6 Å². The first-order valence-corrected chi connectivity index (χ1v) is 11.9. The summed E-state index contributed by atoms with van der Waals surface area (Å²) >= 11 is 0. The van der Waals surface area contributed by atoms with Crippen molar-refractivity contribution < 1.29 is 14.3 Å². The molecule has 190 valence electrons. The lowest BCUT2D eigenvalue weighted by atomic mass is 10.1. The zero-order valence-corrected chi connectivity index (χ0v) is 20.3. The molecule has 0 saturated heterocycles. The molecule has 0 spiro atoms. The molecule has 0 fully saturated rings. The molecule has 0 bridgehead atoms. The Morgan fingerprint density at radius 3 is 2.65 bits per heavy atom. The molecule has 2 aromatic heterocycles. The second-order valence-electron chi connectivity index (χ2n) is 8.11. The molecule has 37 heavy (non-hydrogen) atoms. The van der Waals surface area contributed by atoms with E-state index in [4.69, 9.17) is 4.74 Å². The smallest absolute Gasteiger partial charge is 0.411 e. The number of aromatic nitrogens is 5. The standard InChI is InChI=1S/C26H27N7O4/c1-2-37-26(36)29-22-6-3-5-19(17-22)18-33-24(34)12-11-23(30-33)20-7-9-21(10-8-20)25(35)27-13-4-15-32-16-14-28-31-32/h3,5-12,14,16-17H,2,4,13,15,18H2,1H3,(H,27,35)(H,29,36). The summed E-state index contributed by atoms with van der Waals surface area (Å²) in [5, 5.41) is 17.7. The van der Waals surface area contributed by atoms with E-state index in [1.54, 1.807) is 72.5 Å². The van der Waals surface area contributed by atoms with Crippen LogP contribution in [0.15, 0.2) is 77.9 Å². The van der Waals surface area contributed by atoms with Gasteiger partial charge in [0.1, 0.15) is 0 Å². The van der Waals surface area contributed by atoms with Gasteiger partial charge in [0, 0.05) is 42.2 Å². The monoisotopic (exact) mass is 501 g/mol. The fourth-order valence-electron chi connectivity index (χ4n) is 3.61. The van der Waals surface area contributed by atoms with Crippen molar-refractivity contribution in [3.05, 3.63) is 94.5 Å². The number of amides is 2. The van der Waals surface area contributed by atoms with Crippen LogP contribution in [0.2, 0.25) is 0 Å². The van der Waals surface area contributed by atoms with Gasteiger partial charge in [-0.1, -0.05) is 29.5 Å². The van der Waals surface area contributed by atoms with Gasteiger partial charge in [-0.05, 0) is 49.2 Å². The van der Waals surface area contributed by atoms with E-state index in [9.17, 15) is 14.4 Å². The number of carbonyl (C=O) groups excluding carboxylic acids is 2. The Kier molecular flexibility index (Phi) is 8.37. The molecule has 0 aliphatic rings. The molecule has 2 aromatic carbocycles. The molecular formula is C26H27N7O4. The lowest BCUT2D eigenvalue weighted by molar-refractivity contribution is 0.0952. The molecule has 11 heteroatoms. The van der Waals surface area contributed by atoms with Gasteiger partial charge in [0.25, 0.3) is 11.5 Å². The van der Waals surface area contributed by atoms with Crippen LogP contribution in [0.25, 0.3) is 11.3 Å². The van der Waals surface area contributed by atoms with Gasteiger partial charge >= 0.3 is 6.09 Å². The topological polar surface area (TPSA) is 133 Å². The van der Waals surface area contributed by atoms with E-state index in [0.29, 0.717) is 30.0 Å². The predicted molar refractivity (Wildman–Crippen MR) is 137 cm³/mol. The highest BCUT2D eigenvalue weighted by molar-refractivity contribution is 5.94. The Labute approximate surface area is 213 Å². The Balaban J connectivity index is 1.39. The normalized spacial score (nSPS) is 10.6. The van der Waals surface area contributed by atoms with E-state index in [-0.39, 0.29) is 24.6 Å². The van der Waals surface area contributed by atoms with Crippen LogP contribution in [0.3, 0.4) is 0 Å². The summed E-state index contributed by atoms with van der Waals surface area (Å²) in [5.74, 6) is -0.167. The Morgan fingerprint density at radius 2 is 1.89 bits per heavy atom. The van der Waals surface area contributed by atoms with Gasteiger partial charge in [-0.15, -0.1) is 5.10 Å². The van der Waals surface area contributed by atoms with Crippen molar-refractivity contribution in [1.82, 2.24) is 30.1 Å². The van der Waals surface area contributed by atoms with E-state index >= 15 is 0 Å². The minimum absolute atomic E-state index is 0.167. The second kappa shape index (κ2) is 12.2. The van der Waals surface area contributed by atoms with E-state index in [2.05, 4.69) is 26.0 Å². The Hall–Kier alpha value is -4.80. The first-order valence-electron chi connectivity index (χ1n) is 11.9. The first kappa shape index (κ1) is 25.3. The highest BCUT2D eigenvalue weighted by Gasteiger charge is 2.09. The highest BCUT2D eigenvalue weighted by atomic mass is 16.5. The van der Waals surface area contributed by atoms with E-state index in [1.807, 2.05) is 6.07 Å². The molecular weight excluding hydrogens is 474 g/mol. The lowest BCUT2D eigenvalue weighted by Gasteiger charge is -2.10. The van der Waals surface area contributed by atoms with Crippen molar-refractivity contribution in [2.24, 2.45) is 0 Å². The number of rotatable bonds is 10. The Morgan fingerprint density at radius 1 is 1.05 bits per heavy atom. The average molecular weight is 502 g/mol. The molecule has 0 unspecified atom stereocenters. The molecule has 2 amide bonds. The minimum atomic E-state index is -0.541. The van der Waals surface area contributed by atoms with Gasteiger partial charge in [0.15, 0.2) is 0 Å². The van der Waals surface area contributed by atoms with Gasteiger partial charge in [0.05, 0.1) is 25.0 Å². The van der Waals surface area contributed by atoms with E-state index in [0.717, 1.165) is 17.5 Å². The summed E-state index contributed by atoms with van der Waals surface area (Å²) < 4.78 is 7.97. The Bertz CT molecular complexity index is 1400. The molecule has 0 atom stereocenters. The maximum atomic E-state index is 12.4. The molecule has 0 radical (unpaired) electrons. The number of benzene rings is 2. The van der Waals surface area contributed by atoms with Crippen LogP contribution in [0.1, 0.15) is 29.3 Å². The van der Waals surface area contributed by atoms with E-state index in [1.165, 1.54) is 10.7 Å². The number of nitrogens with one attached hydrogen (secondary N) is 2. The van der Waals surface area contributed by atoms with Crippen molar-refractivity contribution >= 4 is 17.7 Å². The SMILES string of the molecule is CCOC(=O)Nc1cccc(Cn2nc(-c3ccc(C(=O)NCCCn4ccnn4)cc3)ccc2=O)c1. The number of nitrogens with zero attached hydrogens (tertiary/aromatic N) is 5. The molecule has 0 aliphatic carbocycles. The van der Waals surface area contributed by atoms with Crippen molar-refractivity contribution in [2.45, 2.75) is 26.4 Å². The predicted octanol–water partition coefficient (Wildman–Crippen LogP) is 2.94. The molecule has 2 heterocycles. The first-order chi connectivity index (χ1) is 18.0. The van der Waals surface area contributed by atoms with Crippen molar-refractivity contribution in [2.75, 3.05) is 18.5 Å². The van der Waals surface area contributed by atoms with Crippen LogP contribution in [-0.2, 0) is 17.8 Å². The zero-order chi connectivity index (χ0) is 26.0. The van der Waals surface area contributed by atoms with Crippen LogP contribution < -0.4 is 16.2 Å². The number of ether oxygens (including phenoxy) is 1. The number of carbonyl (C=O) groups is 2. The fraction of sp³-hybridized carbons (Fsp3) is 0.231. The zero-order valence-electron chi connectivity index (χ0n) is 20.3. The largest absolute Gasteiger partial charge is 0.450 e. The summed E-state index contributed by atoms with van der Waals surface area (Å²) in [6.45, 7) is 3.41. The van der Waals surface area contributed by atoms with Crippen LogP contribution in [0.5, 0.6) is 0 Å². The molecule has 11 nitrogen and oxygen atoms in total. The summed E-state index contributed by atoms with van der Waals surface area (Å²) in [6, 6.07) is 17.3. The third-order valence-corrected chi connectivity index (χ3v) is 5.41. The average Bonchev–Trinajstić information content (AvgIpc) is 3.42. The summed E-state index contributed by atoms with van der Waals surface area (Å²) in [7, 11) is 0. The van der Waals surface area contributed by atoms with Crippen LogP contribution in [-0.4, -0.2) is 49.9 Å². The maximum absolute atomic E-state index is 12.4. The fourth-order valence-corrected chi connectivity index (χ4v) is 3.61. The number of aryl methyl sites for hydroxylation is 1. The quantitative estimate of drug-likeness (QED) is 0.319. The van der Waals surface area contributed by atoms with Gasteiger partial charge in [0.2, 0.25) is 0 Å². The summed E-state index contributed by atoms with van der Waals surface area (Å²) in [4.78, 5) is 36.6. The third kappa shape index (κ3) is 7.10. The number of hydrogen-bond donors (Lipinski definition) is 2. The summed E-state index contributed by atoms with van der Waals surface area (Å²) in [5.41, 5.74) is 3.00. The van der Waals surface area contributed by atoms with Gasteiger partial charge < -0.3 is 10.1 Å². The van der Waals surface area contributed by atoms with Crippen LogP contribution >= 0.6 is 0 Å². The van der Waals surface area contributed by atoms with Gasteiger partial charge in [-0.25, -0.2) is 9.48 Å². The molecule has 0 aliphatic heterocycles. The van der Waals surface area contributed by atoms with Crippen LogP contribution in [0.4, 0.5) is 10.5 Å². The number of hydrogen-bond acceptors (Lipinski definition) is 7. The molecule has 4 aromatic rings.